The van der Waals surface area contributed by atoms with Crippen molar-refractivity contribution in [2.24, 2.45) is 0 Å². The van der Waals surface area contributed by atoms with Gasteiger partial charge in [0, 0.05) is 6.54 Å². The normalized spacial score (nSPS) is 18.8. The van der Waals surface area contributed by atoms with E-state index in [0.717, 1.165) is 18.5 Å². The van der Waals surface area contributed by atoms with E-state index in [1.807, 2.05) is 35.2 Å². The van der Waals surface area contributed by atoms with Crippen molar-refractivity contribution < 1.29 is 4.79 Å². The number of nitrogens with zero attached hydrogens (tertiary/aromatic N) is 1. The quantitative estimate of drug-likeness (QED) is 0.736. The minimum Gasteiger partial charge on any atom is -0.328 e. The molecule has 1 N–H and O–H groups in total. The van der Waals surface area contributed by atoms with E-state index in [1.54, 1.807) is 0 Å². The monoisotopic (exact) mass is 274 g/mol. The number of carbonyl (C=O) groups is 1. The Bertz CT molecular complexity index is 405. The van der Waals surface area contributed by atoms with Crippen molar-refractivity contribution in [2.75, 3.05) is 13.2 Å². The van der Waals surface area contributed by atoms with E-state index >= 15 is 0 Å². The lowest BCUT2D eigenvalue weighted by Gasteiger charge is -2.15. The van der Waals surface area contributed by atoms with E-state index in [9.17, 15) is 4.79 Å². The van der Waals surface area contributed by atoms with Crippen molar-refractivity contribution in [3.63, 3.8) is 0 Å². The fourth-order valence-corrected chi connectivity index (χ4v) is 2.73. The van der Waals surface area contributed by atoms with Gasteiger partial charge < -0.3 is 4.90 Å². The van der Waals surface area contributed by atoms with E-state index in [4.69, 9.17) is 0 Å². The maximum Gasteiger partial charge on any atom is 0.245 e. The Labute approximate surface area is 122 Å². The van der Waals surface area contributed by atoms with Gasteiger partial charge in [-0.05, 0) is 12.0 Å². The molecule has 1 saturated heterocycles. The second-order valence-electron chi connectivity index (χ2n) is 5.58. The highest BCUT2D eigenvalue weighted by Crippen LogP contribution is 2.20. The van der Waals surface area contributed by atoms with Crippen LogP contribution in [0.4, 0.5) is 0 Å². The minimum absolute atomic E-state index is 0.142. The number of carbonyl (C=O) groups excluding carboxylic acids is 1. The van der Waals surface area contributed by atoms with E-state index in [0.29, 0.717) is 6.67 Å². The molecular formula is C17H26N2O. The van der Waals surface area contributed by atoms with Crippen LogP contribution in [0.3, 0.4) is 0 Å². The first kappa shape index (κ1) is 15.0. The van der Waals surface area contributed by atoms with Gasteiger partial charge in [-0.15, -0.1) is 0 Å². The Morgan fingerprint density at radius 3 is 2.55 bits per heavy atom. The van der Waals surface area contributed by atoms with Gasteiger partial charge in [0.05, 0.1) is 6.67 Å². The molecule has 2 rings (SSSR count). The third-order valence-electron chi connectivity index (χ3n) is 3.96. The molecule has 0 saturated carbocycles. The number of unbranched alkanes of at least 4 members (excludes halogenated alkanes) is 5. The van der Waals surface area contributed by atoms with E-state index in [1.165, 1.54) is 32.1 Å². The first-order valence-corrected chi connectivity index (χ1v) is 7.90. The maximum absolute atomic E-state index is 12.3. The molecule has 110 valence electrons. The largest absolute Gasteiger partial charge is 0.328 e. The summed E-state index contributed by atoms with van der Waals surface area (Å²) in [6, 6.07) is 9.85. The van der Waals surface area contributed by atoms with Crippen LogP contribution in [0.2, 0.25) is 0 Å². The van der Waals surface area contributed by atoms with Crippen LogP contribution in [0, 0.1) is 0 Å². The summed E-state index contributed by atoms with van der Waals surface area (Å²) in [4.78, 5) is 14.3. The van der Waals surface area contributed by atoms with E-state index in [2.05, 4.69) is 12.2 Å². The molecule has 1 amide bonds. The van der Waals surface area contributed by atoms with Crippen LogP contribution >= 0.6 is 0 Å². The van der Waals surface area contributed by atoms with Crippen molar-refractivity contribution >= 4 is 5.91 Å². The number of hydrogen-bond donors (Lipinski definition) is 1. The van der Waals surface area contributed by atoms with E-state index < -0.39 is 0 Å². The van der Waals surface area contributed by atoms with Gasteiger partial charge in [-0.1, -0.05) is 69.4 Å². The standard InChI is InChI=1S/C17H26N2O/c1-2-3-4-5-6-10-13-19-14-18-16(17(19)20)15-11-8-7-9-12-15/h7-9,11-12,16,18H,2-6,10,13-14H2,1H3. The Morgan fingerprint density at radius 2 is 1.80 bits per heavy atom. The van der Waals surface area contributed by atoms with Gasteiger partial charge in [0.25, 0.3) is 0 Å². The molecule has 1 aliphatic heterocycles. The zero-order valence-electron chi connectivity index (χ0n) is 12.5. The van der Waals surface area contributed by atoms with Crippen LogP contribution in [0.1, 0.15) is 57.1 Å². The fourth-order valence-electron chi connectivity index (χ4n) is 2.73. The molecule has 1 heterocycles. The zero-order valence-corrected chi connectivity index (χ0v) is 12.5. The molecule has 1 fully saturated rings. The second-order valence-corrected chi connectivity index (χ2v) is 5.58. The highest BCUT2D eigenvalue weighted by atomic mass is 16.2. The number of hydrogen-bond acceptors (Lipinski definition) is 2. The zero-order chi connectivity index (χ0) is 14.2. The van der Waals surface area contributed by atoms with Crippen LogP contribution in [0.15, 0.2) is 30.3 Å². The summed E-state index contributed by atoms with van der Waals surface area (Å²) in [5, 5.41) is 3.31. The van der Waals surface area contributed by atoms with E-state index in [-0.39, 0.29) is 11.9 Å². The molecule has 3 heteroatoms. The summed E-state index contributed by atoms with van der Waals surface area (Å²) >= 11 is 0. The number of amides is 1. The molecule has 0 aromatic heterocycles. The SMILES string of the molecule is CCCCCCCCN1CNC(c2ccccc2)C1=O. The number of nitrogens with one attached hydrogen (secondary N) is 1. The maximum atomic E-state index is 12.3. The van der Waals surface area contributed by atoms with Crippen LogP contribution < -0.4 is 5.32 Å². The van der Waals surface area contributed by atoms with Crippen molar-refractivity contribution in [1.29, 1.82) is 0 Å². The molecule has 0 spiro atoms. The van der Waals surface area contributed by atoms with Crippen molar-refractivity contribution in [3.05, 3.63) is 35.9 Å². The second kappa shape index (κ2) is 8.05. The molecule has 1 atom stereocenters. The average molecular weight is 274 g/mol. The minimum atomic E-state index is -0.142. The molecule has 1 aromatic carbocycles. The summed E-state index contributed by atoms with van der Waals surface area (Å²) < 4.78 is 0. The van der Waals surface area contributed by atoms with Crippen molar-refractivity contribution in [2.45, 2.75) is 51.5 Å². The number of rotatable bonds is 8. The van der Waals surface area contributed by atoms with Crippen LogP contribution in [0.25, 0.3) is 0 Å². The van der Waals surface area contributed by atoms with Crippen LogP contribution in [0.5, 0.6) is 0 Å². The highest BCUT2D eigenvalue weighted by Gasteiger charge is 2.31. The van der Waals surface area contributed by atoms with Crippen molar-refractivity contribution in [3.8, 4) is 0 Å². The summed E-state index contributed by atoms with van der Waals surface area (Å²) in [5.41, 5.74) is 1.07. The predicted octanol–water partition coefficient (Wildman–Crippen LogP) is 3.48. The van der Waals surface area contributed by atoms with Crippen LogP contribution in [-0.4, -0.2) is 24.0 Å². The van der Waals surface area contributed by atoms with Gasteiger partial charge in [-0.3, -0.25) is 10.1 Å². The Kier molecular flexibility index (Phi) is 6.06. The molecule has 0 bridgehead atoms. The Balaban J connectivity index is 1.72. The topological polar surface area (TPSA) is 32.3 Å². The van der Waals surface area contributed by atoms with Crippen molar-refractivity contribution in [1.82, 2.24) is 10.2 Å². The lowest BCUT2D eigenvalue weighted by Crippen LogP contribution is -2.27. The lowest BCUT2D eigenvalue weighted by atomic mass is 10.1. The number of benzene rings is 1. The molecule has 3 nitrogen and oxygen atoms in total. The summed E-state index contributed by atoms with van der Waals surface area (Å²) in [6.45, 7) is 3.81. The first-order chi connectivity index (χ1) is 9.83. The highest BCUT2D eigenvalue weighted by molar-refractivity contribution is 5.85. The fraction of sp³-hybridized carbons (Fsp3) is 0.588. The molecule has 0 radical (unpaired) electrons. The Hall–Kier alpha value is -1.35. The summed E-state index contributed by atoms with van der Waals surface area (Å²) in [7, 11) is 0. The van der Waals surface area contributed by atoms with Gasteiger partial charge in [0.1, 0.15) is 6.04 Å². The third kappa shape index (κ3) is 4.07. The van der Waals surface area contributed by atoms with Gasteiger partial charge in [-0.25, -0.2) is 0 Å². The molecule has 1 unspecified atom stereocenters. The lowest BCUT2D eigenvalue weighted by molar-refractivity contribution is -0.129. The molecule has 1 aliphatic rings. The third-order valence-corrected chi connectivity index (χ3v) is 3.96. The summed E-state index contributed by atoms with van der Waals surface area (Å²) in [5.74, 6) is 0.227. The smallest absolute Gasteiger partial charge is 0.245 e. The van der Waals surface area contributed by atoms with Gasteiger partial charge >= 0.3 is 0 Å². The summed E-state index contributed by atoms with van der Waals surface area (Å²) in [6.07, 6.45) is 7.60. The first-order valence-electron chi connectivity index (χ1n) is 7.90. The molecular weight excluding hydrogens is 248 g/mol. The van der Waals surface area contributed by atoms with Gasteiger partial charge in [0.2, 0.25) is 5.91 Å². The van der Waals surface area contributed by atoms with Gasteiger partial charge in [-0.2, -0.15) is 0 Å². The molecule has 0 aliphatic carbocycles. The molecule has 1 aromatic rings. The Morgan fingerprint density at radius 1 is 1.10 bits per heavy atom. The van der Waals surface area contributed by atoms with Gasteiger partial charge in [0.15, 0.2) is 0 Å². The predicted molar refractivity (Wildman–Crippen MR) is 82.3 cm³/mol. The molecule has 20 heavy (non-hydrogen) atoms. The van der Waals surface area contributed by atoms with Crippen LogP contribution in [-0.2, 0) is 4.79 Å². The average Bonchev–Trinajstić information content (AvgIpc) is 2.85.